The van der Waals surface area contributed by atoms with Crippen LogP contribution < -0.4 is 15.2 Å². The minimum atomic E-state index is 0. The Balaban J connectivity index is 0.00000169. The summed E-state index contributed by atoms with van der Waals surface area (Å²) >= 11 is 3.35. The van der Waals surface area contributed by atoms with Crippen molar-refractivity contribution in [3.63, 3.8) is 0 Å². The molecule has 0 fully saturated rings. The van der Waals surface area contributed by atoms with Crippen LogP contribution in [0.15, 0.2) is 22.7 Å². The smallest absolute Gasteiger partial charge is 0.136 e. The number of nitrogens with two attached hydrogens (primary N) is 1. The van der Waals surface area contributed by atoms with E-state index in [1.807, 2.05) is 18.2 Å². The standard InChI is InChI=1S/C9H12BrNO2.ClH/c1-12-9-6-7(13-5-4-11)2-3-8(9)10;/h2-3,6H,4-5,11H2,1H3;1H. The first kappa shape index (κ1) is 13.6. The minimum absolute atomic E-state index is 0. The Morgan fingerprint density at radius 1 is 1.43 bits per heavy atom. The average Bonchev–Trinajstić information content (AvgIpc) is 2.16. The molecular formula is C9H13BrClNO2. The second-order valence-electron chi connectivity index (χ2n) is 2.43. The quantitative estimate of drug-likeness (QED) is 0.921. The minimum Gasteiger partial charge on any atom is -0.495 e. The zero-order chi connectivity index (χ0) is 9.68. The van der Waals surface area contributed by atoms with E-state index in [0.29, 0.717) is 13.2 Å². The number of hydrogen-bond acceptors (Lipinski definition) is 3. The maximum Gasteiger partial charge on any atom is 0.136 e. The Hall–Kier alpha value is -0.450. The van der Waals surface area contributed by atoms with Gasteiger partial charge in [0.1, 0.15) is 18.1 Å². The molecule has 3 nitrogen and oxygen atoms in total. The number of hydrogen-bond donors (Lipinski definition) is 1. The van der Waals surface area contributed by atoms with Crippen LogP contribution in [0.3, 0.4) is 0 Å². The Labute approximate surface area is 98.1 Å². The largest absolute Gasteiger partial charge is 0.495 e. The van der Waals surface area contributed by atoms with Crippen LogP contribution in [0.1, 0.15) is 0 Å². The molecule has 0 spiro atoms. The third kappa shape index (κ3) is 3.74. The van der Waals surface area contributed by atoms with Crippen molar-refractivity contribution >= 4 is 28.3 Å². The number of methoxy groups -OCH3 is 1. The van der Waals surface area contributed by atoms with Gasteiger partial charge in [0, 0.05) is 12.6 Å². The van der Waals surface area contributed by atoms with Crippen LogP contribution in [0.4, 0.5) is 0 Å². The Morgan fingerprint density at radius 2 is 2.14 bits per heavy atom. The predicted molar refractivity (Wildman–Crippen MR) is 62.5 cm³/mol. The Kier molecular flexibility index (Phi) is 6.70. The van der Waals surface area contributed by atoms with Crippen molar-refractivity contribution in [3.8, 4) is 11.5 Å². The second-order valence-corrected chi connectivity index (χ2v) is 3.29. The van der Waals surface area contributed by atoms with Gasteiger partial charge in [0.15, 0.2) is 0 Å². The molecule has 0 atom stereocenters. The zero-order valence-corrected chi connectivity index (χ0v) is 10.2. The highest BCUT2D eigenvalue weighted by atomic mass is 79.9. The van der Waals surface area contributed by atoms with Crippen molar-refractivity contribution in [2.45, 2.75) is 0 Å². The van der Waals surface area contributed by atoms with Crippen molar-refractivity contribution < 1.29 is 9.47 Å². The van der Waals surface area contributed by atoms with E-state index >= 15 is 0 Å². The third-order valence-corrected chi connectivity index (χ3v) is 2.16. The SMILES string of the molecule is COc1cc(OCCN)ccc1Br.Cl. The predicted octanol–water partition coefficient (Wildman–Crippen LogP) is 2.22. The lowest BCUT2D eigenvalue weighted by molar-refractivity contribution is 0.324. The van der Waals surface area contributed by atoms with Gasteiger partial charge in [-0.2, -0.15) is 0 Å². The fourth-order valence-corrected chi connectivity index (χ4v) is 1.32. The molecule has 0 aliphatic heterocycles. The lowest BCUT2D eigenvalue weighted by Crippen LogP contribution is -2.10. The van der Waals surface area contributed by atoms with Crippen LogP contribution in [0.25, 0.3) is 0 Å². The first-order valence-electron chi connectivity index (χ1n) is 3.94. The van der Waals surface area contributed by atoms with Gasteiger partial charge in [-0.15, -0.1) is 12.4 Å². The van der Waals surface area contributed by atoms with Crippen molar-refractivity contribution in [2.75, 3.05) is 20.3 Å². The molecule has 1 rings (SSSR count). The summed E-state index contributed by atoms with van der Waals surface area (Å²) in [5.74, 6) is 1.53. The van der Waals surface area contributed by atoms with Crippen molar-refractivity contribution in [1.82, 2.24) is 0 Å². The molecule has 0 saturated heterocycles. The molecule has 0 saturated carbocycles. The van der Waals surface area contributed by atoms with E-state index in [1.54, 1.807) is 7.11 Å². The fourth-order valence-electron chi connectivity index (χ4n) is 0.907. The summed E-state index contributed by atoms with van der Waals surface area (Å²) in [6.45, 7) is 1.03. The van der Waals surface area contributed by atoms with E-state index < -0.39 is 0 Å². The molecule has 0 aliphatic carbocycles. The van der Waals surface area contributed by atoms with E-state index in [0.717, 1.165) is 16.0 Å². The monoisotopic (exact) mass is 281 g/mol. The van der Waals surface area contributed by atoms with Crippen LogP contribution in [-0.4, -0.2) is 20.3 Å². The molecule has 80 valence electrons. The van der Waals surface area contributed by atoms with E-state index in [-0.39, 0.29) is 12.4 Å². The van der Waals surface area contributed by atoms with Crippen LogP contribution >= 0.6 is 28.3 Å². The van der Waals surface area contributed by atoms with E-state index in [4.69, 9.17) is 15.2 Å². The maximum atomic E-state index is 5.33. The molecule has 5 heteroatoms. The van der Waals surface area contributed by atoms with Gasteiger partial charge in [0.2, 0.25) is 0 Å². The lowest BCUT2D eigenvalue weighted by Gasteiger charge is -2.07. The maximum absolute atomic E-state index is 5.33. The van der Waals surface area contributed by atoms with Crippen LogP contribution in [-0.2, 0) is 0 Å². The molecular weight excluding hydrogens is 269 g/mol. The Bertz CT molecular complexity index is 284. The molecule has 0 amide bonds. The number of benzene rings is 1. The molecule has 2 N–H and O–H groups in total. The highest BCUT2D eigenvalue weighted by molar-refractivity contribution is 9.10. The third-order valence-electron chi connectivity index (χ3n) is 1.51. The van der Waals surface area contributed by atoms with Crippen LogP contribution in [0, 0.1) is 0 Å². The first-order chi connectivity index (χ1) is 6.27. The highest BCUT2D eigenvalue weighted by Crippen LogP contribution is 2.28. The number of halogens is 2. The van der Waals surface area contributed by atoms with E-state index in [9.17, 15) is 0 Å². The number of rotatable bonds is 4. The van der Waals surface area contributed by atoms with Gasteiger partial charge in [-0.25, -0.2) is 0 Å². The number of ether oxygens (including phenoxy) is 2. The normalized spacial score (nSPS) is 9.07. The van der Waals surface area contributed by atoms with Gasteiger partial charge in [-0.05, 0) is 28.1 Å². The van der Waals surface area contributed by atoms with Gasteiger partial charge in [0.25, 0.3) is 0 Å². The zero-order valence-electron chi connectivity index (χ0n) is 7.83. The molecule has 0 bridgehead atoms. The van der Waals surface area contributed by atoms with Gasteiger partial charge in [-0.3, -0.25) is 0 Å². The van der Waals surface area contributed by atoms with Crippen molar-refractivity contribution in [1.29, 1.82) is 0 Å². The van der Waals surface area contributed by atoms with Crippen molar-refractivity contribution in [3.05, 3.63) is 22.7 Å². The molecule has 14 heavy (non-hydrogen) atoms. The molecule has 0 aliphatic rings. The lowest BCUT2D eigenvalue weighted by atomic mass is 10.3. The van der Waals surface area contributed by atoms with Crippen LogP contribution in [0.2, 0.25) is 0 Å². The molecule has 1 aromatic rings. The molecule has 1 aromatic carbocycles. The van der Waals surface area contributed by atoms with Gasteiger partial charge >= 0.3 is 0 Å². The van der Waals surface area contributed by atoms with E-state index in [1.165, 1.54) is 0 Å². The van der Waals surface area contributed by atoms with Gasteiger partial charge < -0.3 is 15.2 Å². The second kappa shape index (κ2) is 6.92. The summed E-state index contributed by atoms with van der Waals surface area (Å²) in [5, 5.41) is 0. The summed E-state index contributed by atoms with van der Waals surface area (Å²) in [4.78, 5) is 0. The summed E-state index contributed by atoms with van der Waals surface area (Å²) in [7, 11) is 1.62. The molecule has 0 heterocycles. The average molecular weight is 283 g/mol. The topological polar surface area (TPSA) is 44.5 Å². The van der Waals surface area contributed by atoms with Crippen LogP contribution in [0.5, 0.6) is 11.5 Å². The first-order valence-corrected chi connectivity index (χ1v) is 4.73. The molecule has 0 unspecified atom stereocenters. The Morgan fingerprint density at radius 3 is 2.71 bits per heavy atom. The fraction of sp³-hybridized carbons (Fsp3) is 0.333. The summed E-state index contributed by atoms with van der Waals surface area (Å²) in [5.41, 5.74) is 5.31. The summed E-state index contributed by atoms with van der Waals surface area (Å²) in [6, 6.07) is 5.56. The van der Waals surface area contributed by atoms with Gasteiger partial charge in [0.05, 0.1) is 11.6 Å². The highest BCUT2D eigenvalue weighted by Gasteiger charge is 2.01. The molecule has 0 radical (unpaired) electrons. The summed E-state index contributed by atoms with van der Waals surface area (Å²) in [6.07, 6.45) is 0. The summed E-state index contributed by atoms with van der Waals surface area (Å²) < 4.78 is 11.3. The van der Waals surface area contributed by atoms with Gasteiger partial charge in [-0.1, -0.05) is 0 Å². The van der Waals surface area contributed by atoms with E-state index in [2.05, 4.69) is 15.9 Å². The molecule has 0 aromatic heterocycles. The van der Waals surface area contributed by atoms with Crippen molar-refractivity contribution in [2.24, 2.45) is 5.73 Å².